The molecule has 1 unspecified atom stereocenters. The van der Waals surface area contributed by atoms with E-state index in [4.69, 9.17) is 4.74 Å². The Hall–Kier alpha value is -2.15. The molecule has 0 bridgehead atoms. The molecular formula is C13H17N3O4. The van der Waals surface area contributed by atoms with Crippen molar-refractivity contribution < 1.29 is 14.5 Å². The van der Waals surface area contributed by atoms with Crippen LogP contribution in [0.3, 0.4) is 0 Å². The zero-order chi connectivity index (χ0) is 14.5. The normalized spacial score (nSPS) is 17.8. The van der Waals surface area contributed by atoms with Gasteiger partial charge in [0.05, 0.1) is 12.0 Å². The molecule has 1 aliphatic rings. The van der Waals surface area contributed by atoms with Crippen molar-refractivity contribution in [1.82, 2.24) is 10.6 Å². The number of carbonyl (C=O) groups excluding carboxylic acids is 1. The zero-order valence-corrected chi connectivity index (χ0v) is 11.2. The summed E-state index contributed by atoms with van der Waals surface area (Å²) in [4.78, 5) is 22.2. The minimum absolute atomic E-state index is 0.0881. The van der Waals surface area contributed by atoms with Crippen LogP contribution in [0.2, 0.25) is 0 Å². The number of methoxy groups -OCH3 is 1. The molecule has 0 spiro atoms. The highest BCUT2D eigenvalue weighted by Crippen LogP contribution is 2.27. The van der Waals surface area contributed by atoms with Crippen LogP contribution in [0.5, 0.6) is 5.75 Å². The number of hydrogen-bond acceptors (Lipinski definition) is 5. The lowest BCUT2D eigenvalue weighted by Crippen LogP contribution is -2.30. The quantitative estimate of drug-likeness (QED) is 0.618. The molecule has 0 saturated carbocycles. The Labute approximate surface area is 116 Å². The van der Waals surface area contributed by atoms with Gasteiger partial charge in [-0.1, -0.05) is 0 Å². The lowest BCUT2D eigenvalue weighted by molar-refractivity contribution is -0.385. The summed E-state index contributed by atoms with van der Waals surface area (Å²) in [5.74, 6) is 0.286. The number of ether oxygens (including phenoxy) is 1. The van der Waals surface area contributed by atoms with Gasteiger partial charge in [-0.25, -0.2) is 0 Å². The Morgan fingerprint density at radius 2 is 2.40 bits per heavy atom. The molecule has 1 aromatic carbocycles. The van der Waals surface area contributed by atoms with Crippen LogP contribution >= 0.6 is 0 Å². The van der Waals surface area contributed by atoms with E-state index >= 15 is 0 Å². The van der Waals surface area contributed by atoms with Gasteiger partial charge in [0.25, 0.3) is 5.91 Å². The summed E-state index contributed by atoms with van der Waals surface area (Å²) < 4.78 is 4.94. The zero-order valence-electron chi connectivity index (χ0n) is 11.2. The fraction of sp³-hybridized carbons (Fsp3) is 0.462. The fourth-order valence-corrected chi connectivity index (χ4v) is 2.20. The number of nitro groups is 1. The molecule has 7 nitrogen and oxygen atoms in total. The predicted molar refractivity (Wildman–Crippen MR) is 73.0 cm³/mol. The third kappa shape index (κ3) is 3.24. The van der Waals surface area contributed by atoms with Gasteiger partial charge in [-0.05, 0) is 31.5 Å². The van der Waals surface area contributed by atoms with E-state index in [0.29, 0.717) is 18.0 Å². The smallest absolute Gasteiger partial charge is 0.310 e. The maximum absolute atomic E-state index is 12.0. The van der Waals surface area contributed by atoms with Crippen LogP contribution in [0.4, 0.5) is 5.69 Å². The van der Waals surface area contributed by atoms with E-state index in [9.17, 15) is 14.9 Å². The van der Waals surface area contributed by atoms with E-state index < -0.39 is 4.92 Å². The summed E-state index contributed by atoms with van der Waals surface area (Å²) in [5, 5.41) is 16.8. The molecule has 0 aliphatic carbocycles. The summed E-state index contributed by atoms with van der Waals surface area (Å²) in [5.41, 5.74) is 0.211. The van der Waals surface area contributed by atoms with Crippen molar-refractivity contribution in [3.63, 3.8) is 0 Å². The summed E-state index contributed by atoms with van der Waals surface area (Å²) in [6, 6.07) is 4.11. The first-order chi connectivity index (χ1) is 9.61. The monoisotopic (exact) mass is 279 g/mol. The van der Waals surface area contributed by atoms with Crippen molar-refractivity contribution in [3.8, 4) is 5.75 Å². The molecule has 1 atom stereocenters. The van der Waals surface area contributed by atoms with Gasteiger partial charge in [-0.15, -0.1) is 0 Å². The van der Waals surface area contributed by atoms with E-state index in [-0.39, 0.29) is 17.3 Å². The van der Waals surface area contributed by atoms with E-state index in [1.54, 1.807) is 0 Å². The predicted octanol–water partition coefficient (Wildman–Crippen LogP) is 0.943. The minimum atomic E-state index is -0.537. The molecule has 1 heterocycles. The highest BCUT2D eigenvalue weighted by atomic mass is 16.6. The standard InChI is InChI=1S/C13H17N3O4/c1-20-12-6-10(2-3-11(12)16(18)19)13(17)15-8-9-4-5-14-7-9/h2-3,6,9,14H,4-5,7-8H2,1H3,(H,15,17). The van der Waals surface area contributed by atoms with Crippen LogP contribution in [0.15, 0.2) is 18.2 Å². The molecule has 1 saturated heterocycles. The maximum atomic E-state index is 12.0. The van der Waals surface area contributed by atoms with Gasteiger partial charge in [0, 0.05) is 24.2 Å². The third-order valence-corrected chi connectivity index (χ3v) is 3.35. The van der Waals surface area contributed by atoms with Crippen molar-refractivity contribution in [1.29, 1.82) is 0 Å². The molecule has 1 aliphatic heterocycles. The number of hydrogen-bond donors (Lipinski definition) is 2. The molecule has 7 heteroatoms. The van der Waals surface area contributed by atoms with Crippen LogP contribution in [-0.2, 0) is 0 Å². The molecule has 2 N–H and O–H groups in total. The summed E-state index contributed by atoms with van der Waals surface area (Å²) in [7, 11) is 1.34. The number of nitro benzene ring substituents is 1. The van der Waals surface area contributed by atoms with Gasteiger partial charge in [0.2, 0.25) is 0 Å². The summed E-state index contributed by atoms with van der Waals surface area (Å²) >= 11 is 0. The second-order valence-corrected chi connectivity index (χ2v) is 4.71. The van der Waals surface area contributed by atoms with E-state index in [1.165, 1.54) is 25.3 Å². The second kappa shape index (κ2) is 6.33. The third-order valence-electron chi connectivity index (χ3n) is 3.35. The van der Waals surface area contributed by atoms with Crippen LogP contribution < -0.4 is 15.4 Å². The number of nitrogens with zero attached hydrogens (tertiary/aromatic N) is 1. The number of rotatable bonds is 5. The number of nitrogens with one attached hydrogen (secondary N) is 2. The first-order valence-electron chi connectivity index (χ1n) is 6.43. The van der Waals surface area contributed by atoms with Gasteiger partial charge in [0.15, 0.2) is 5.75 Å². The average molecular weight is 279 g/mol. The maximum Gasteiger partial charge on any atom is 0.310 e. The van der Waals surface area contributed by atoms with E-state index in [2.05, 4.69) is 10.6 Å². The first-order valence-corrected chi connectivity index (χ1v) is 6.43. The van der Waals surface area contributed by atoms with Gasteiger partial charge >= 0.3 is 5.69 Å². The van der Waals surface area contributed by atoms with Crippen molar-refractivity contribution in [2.75, 3.05) is 26.7 Å². The first kappa shape index (κ1) is 14.3. The molecule has 108 valence electrons. The minimum Gasteiger partial charge on any atom is -0.490 e. The van der Waals surface area contributed by atoms with Gasteiger partial charge in [-0.3, -0.25) is 14.9 Å². The molecule has 20 heavy (non-hydrogen) atoms. The van der Waals surface area contributed by atoms with E-state index in [1.807, 2.05) is 0 Å². The average Bonchev–Trinajstić information content (AvgIpc) is 2.97. The van der Waals surface area contributed by atoms with Crippen molar-refractivity contribution in [3.05, 3.63) is 33.9 Å². The topological polar surface area (TPSA) is 93.5 Å². The Bertz CT molecular complexity index is 512. The lowest BCUT2D eigenvalue weighted by Gasteiger charge is -2.10. The molecule has 1 amide bonds. The Balaban J connectivity index is 2.03. The van der Waals surface area contributed by atoms with Crippen LogP contribution in [0, 0.1) is 16.0 Å². The largest absolute Gasteiger partial charge is 0.490 e. The fourth-order valence-electron chi connectivity index (χ4n) is 2.20. The van der Waals surface area contributed by atoms with Crippen molar-refractivity contribution in [2.45, 2.75) is 6.42 Å². The number of carbonyl (C=O) groups is 1. The number of benzene rings is 1. The summed E-state index contributed by atoms with van der Waals surface area (Å²) in [6.45, 7) is 2.49. The molecule has 0 radical (unpaired) electrons. The summed E-state index contributed by atoms with van der Waals surface area (Å²) in [6.07, 6.45) is 1.05. The molecular weight excluding hydrogens is 262 g/mol. The van der Waals surface area contributed by atoms with Crippen molar-refractivity contribution in [2.24, 2.45) is 5.92 Å². The van der Waals surface area contributed by atoms with Gasteiger partial charge in [-0.2, -0.15) is 0 Å². The lowest BCUT2D eigenvalue weighted by atomic mass is 10.1. The Kier molecular flexibility index (Phi) is 4.52. The Morgan fingerprint density at radius 1 is 1.60 bits per heavy atom. The van der Waals surface area contributed by atoms with Gasteiger partial charge < -0.3 is 15.4 Å². The SMILES string of the molecule is COc1cc(C(=O)NCC2CCNC2)ccc1[N+](=O)[O-]. The molecule has 0 aromatic heterocycles. The van der Waals surface area contributed by atoms with E-state index in [0.717, 1.165) is 19.5 Å². The highest BCUT2D eigenvalue weighted by Gasteiger charge is 2.19. The van der Waals surface area contributed by atoms with Crippen LogP contribution in [-0.4, -0.2) is 37.6 Å². The van der Waals surface area contributed by atoms with Crippen molar-refractivity contribution >= 4 is 11.6 Å². The number of amides is 1. The Morgan fingerprint density at radius 3 is 3.00 bits per heavy atom. The molecule has 1 aromatic rings. The van der Waals surface area contributed by atoms with Crippen LogP contribution in [0.25, 0.3) is 0 Å². The second-order valence-electron chi connectivity index (χ2n) is 4.71. The molecule has 1 fully saturated rings. The van der Waals surface area contributed by atoms with Crippen LogP contribution in [0.1, 0.15) is 16.8 Å². The highest BCUT2D eigenvalue weighted by molar-refractivity contribution is 5.95. The molecule has 2 rings (SSSR count). The van der Waals surface area contributed by atoms with Gasteiger partial charge in [0.1, 0.15) is 0 Å².